The highest BCUT2D eigenvalue weighted by atomic mass is 16.2. The van der Waals surface area contributed by atoms with Gasteiger partial charge in [0.15, 0.2) is 0 Å². The fourth-order valence-electron chi connectivity index (χ4n) is 1.65. The minimum absolute atomic E-state index is 0.138. The predicted molar refractivity (Wildman–Crippen MR) is 80.4 cm³/mol. The van der Waals surface area contributed by atoms with Gasteiger partial charge in [0.2, 0.25) is 5.91 Å². The van der Waals surface area contributed by atoms with E-state index >= 15 is 0 Å². The van der Waals surface area contributed by atoms with E-state index in [0.717, 1.165) is 0 Å². The molecule has 1 rings (SSSR count). The third-order valence-corrected chi connectivity index (χ3v) is 2.92. The molecule has 112 valence electrons. The number of amides is 2. The quantitative estimate of drug-likeness (QED) is 0.674. The van der Waals surface area contributed by atoms with Gasteiger partial charge in [0.05, 0.1) is 23.1 Å². The van der Waals surface area contributed by atoms with E-state index in [-0.39, 0.29) is 24.9 Å². The lowest BCUT2D eigenvalue weighted by atomic mass is 9.92. The molecule has 0 unspecified atom stereocenters. The molecule has 0 atom stereocenters. The van der Waals surface area contributed by atoms with Crippen molar-refractivity contribution in [1.82, 2.24) is 15.6 Å². The van der Waals surface area contributed by atoms with Gasteiger partial charge in [0.1, 0.15) is 0 Å². The van der Waals surface area contributed by atoms with Crippen LogP contribution in [-0.4, -0.2) is 36.9 Å². The fourth-order valence-corrected chi connectivity index (χ4v) is 1.65. The topological polar surface area (TPSA) is 97.1 Å². The molecule has 1 aromatic heterocycles. The number of rotatable bonds is 4. The molecule has 1 heterocycles. The van der Waals surface area contributed by atoms with Crippen LogP contribution in [0.4, 0.5) is 0 Å². The van der Waals surface area contributed by atoms with Gasteiger partial charge in [-0.15, -0.1) is 0 Å². The molecule has 0 saturated carbocycles. The maximum Gasteiger partial charge on any atom is 0.252 e. The maximum absolute atomic E-state index is 12.2. The van der Waals surface area contributed by atoms with E-state index in [1.807, 2.05) is 0 Å². The van der Waals surface area contributed by atoms with Gasteiger partial charge in [-0.25, -0.2) is 0 Å². The first-order valence-electron chi connectivity index (χ1n) is 6.55. The van der Waals surface area contributed by atoms with Gasteiger partial charge in [-0.05, 0) is 19.9 Å². The summed E-state index contributed by atoms with van der Waals surface area (Å²) in [6.45, 7) is 3.94. The molecule has 6 nitrogen and oxygen atoms in total. The van der Waals surface area contributed by atoms with Crippen molar-refractivity contribution in [3.63, 3.8) is 0 Å². The molecule has 0 aliphatic rings. The van der Waals surface area contributed by atoms with Gasteiger partial charge >= 0.3 is 0 Å². The van der Waals surface area contributed by atoms with Crippen molar-refractivity contribution in [1.29, 1.82) is 0 Å². The van der Waals surface area contributed by atoms with Crippen LogP contribution < -0.4 is 16.4 Å². The standard InChI is InChI=1S/C15H20N4O2/c1-15(2,14(21)17-3)10-19-13(20)12-6-8-18-9-11(12)5-4-7-16/h6,8-9H,7,10,16H2,1-3H3,(H,17,21)(H,19,20). The Bertz CT molecular complexity index is 585. The van der Waals surface area contributed by atoms with Crippen LogP contribution in [0.5, 0.6) is 0 Å². The predicted octanol–water partition coefficient (Wildman–Crippen LogP) is -0.106. The highest BCUT2D eigenvalue weighted by Gasteiger charge is 2.27. The van der Waals surface area contributed by atoms with Crippen molar-refractivity contribution in [3.8, 4) is 11.8 Å². The van der Waals surface area contributed by atoms with Crippen molar-refractivity contribution in [2.75, 3.05) is 20.1 Å². The van der Waals surface area contributed by atoms with Crippen molar-refractivity contribution in [2.24, 2.45) is 11.1 Å². The normalized spacial score (nSPS) is 10.3. The summed E-state index contributed by atoms with van der Waals surface area (Å²) in [5.74, 6) is 5.07. The molecule has 0 radical (unpaired) electrons. The molecule has 4 N–H and O–H groups in total. The Hall–Kier alpha value is -2.39. The van der Waals surface area contributed by atoms with E-state index in [1.54, 1.807) is 27.0 Å². The van der Waals surface area contributed by atoms with E-state index in [4.69, 9.17) is 5.73 Å². The lowest BCUT2D eigenvalue weighted by Crippen LogP contribution is -2.43. The van der Waals surface area contributed by atoms with E-state index < -0.39 is 5.41 Å². The van der Waals surface area contributed by atoms with Gasteiger partial charge in [-0.3, -0.25) is 14.6 Å². The van der Waals surface area contributed by atoms with Crippen molar-refractivity contribution >= 4 is 11.8 Å². The minimum atomic E-state index is -0.694. The van der Waals surface area contributed by atoms with Crippen molar-refractivity contribution in [2.45, 2.75) is 13.8 Å². The molecule has 6 heteroatoms. The number of nitrogens with one attached hydrogen (secondary N) is 2. The molecule has 0 saturated heterocycles. The van der Waals surface area contributed by atoms with Crippen LogP contribution in [-0.2, 0) is 4.79 Å². The van der Waals surface area contributed by atoms with Crippen LogP contribution in [0.25, 0.3) is 0 Å². The summed E-state index contributed by atoms with van der Waals surface area (Å²) in [5, 5.41) is 5.32. The number of aromatic nitrogens is 1. The van der Waals surface area contributed by atoms with Gasteiger partial charge in [-0.2, -0.15) is 0 Å². The summed E-state index contributed by atoms with van der Waals surface area (Å²) < 4.78 is 0. The fraction of sp³-hybridized carbons (Fsp3) is 0.400. The number of hydrogen-bond donors (Lipinski definition) is 3. The highest BCUT2D eigenvalue weighted by Crippen LogP contribution is 2.14. The second kappa shape index (κ2) is 7.41. The first-order valence-corrected chi connectivity index (χ1v) is 6.55. The average molecular weight is 288 g/mol. The third kappa shape index (κ3) is 4.58. The van der Waals surface area contributed by atoms with Gasteiger partial charge in [0.25, 0.3) is 5.91 Å². The van der Waals surface area contributed by atoms with Gasteiger partial charge < -0.3 is 16.4 Å². The first-order chi connectivity index (χ1) is 9.92. The Labute approximate surface area is 124 Å². The van der Waals surface area contributed by atoms with Crippen LogP contribution in [0.15, 0.2) is 18.5 Å². The zero-order valence-electron chi connectivity index (χ0n) is 12.5. The monoisotopic (exact) mass is 288 g/mol. The smallest absolute Gasteiger partial charge is 0.252 e. The van der Waals surface area contributed by atoms with Crippen LogP contribution in [0.1, 0.15) is 29.8 Å². The third-order valence-electron chi connectivity index (χ3n) is 2.92. The Morgan fingerprint density at radius 3 is 2.76 bits per heavy atom. The minimum Gasteiger partial charge on any atom is -0.359 e. The Balaban J connectivity index is 2.84. The highest BCUT2D eigenvalue weighted by molar-refractivity contribution is 5.97. The zero-order chi connectivity index (χ0) is 15.9. The second-order valence-corrected chi connectivity index (χ2v) is 5.07. The molecule has 0 aliphatic heterocycles. The molecule has 0 fully saturated rings. The summed E-state index contributed by atoms with van der Waals surface area (Å²) in [4.78, 5) is 27.8. The summed E-state index contributed by atoms with van der Waals surface area (Å²) in [6.07, 6.45) is 3.04. The van der Waals surface area contributed by atoms with E-state index in [9.17, 15) is 9.59 Å². The Kier molecular flexibility index (Phi) is 5.88. The average Bonchev–Trinajstić information content (AvgIpc) is 2.50. The van der Waals surface area contributed by atoms with Gasteiger partial charge in [-0.1, -0.05) is 11.8 Å². The first kappa shape index (κ1) is 16.7. The summed E-state index contributed by atoms with van der Waals surface area (Å²) in [7, 11) is 1.56. The van der Waals surface area contributed by atoms with Crippen LogP contribution >= 0.6 is 0 Å². The lowest BCUT2D eigenvalue weighted by Gasteiger charge is -2.22. The van der Waals surface area contributed by atoms with E-state index in [0.29, 0.717) is 11.1 Å². The molecular weight excluding hydrogens is 268 g/mol. The van der Waals surface area contributed by atoms with E-state index in [2.05, 4.69) is 27.5 Å². The zero-order valence-corrected chi connectivity index (χ0v) is 12.5. The summed E-state index contributed by atoms with van der Waals surface area (Å²) in [5.41, 5.74) is 5.56. The van der Waals surface area contributed by atoms with Crippen molar-refractivity contribution < 1.29 is 9.59 Å². The Morgan fingerprint density at radius 2 is 2.14 bits per heavy atom. The second-order valence-electron chi connectivity index (χ2n) is 5.07. The maximum atomic E-state index is 12.2. The van der Waals surface area contributed by atoms with Crippen LogP contribution in [0, 0.1) is 17.3 Å². The number of carbonyl (C=O) groups is 2. The Morgan fingerprint density at radius 1 is 1.43 bits per heavy atom. The molecule has 0 spiro atoms. The lowest BCUT2D eigenvalue weighted by molar-refractivity contribution is -0.128. The number of carbonyl (C=O) groups excluding carboxylic acids is 2. The van der Waals surface area contributed by atoms with E-state index in [1.165, 1.54) is 12.4 Å². The molecule has 2 amide bonds. The molecule has 21 heavy (non-hydrogen) atoms. The molecule has 1 aromatic rings. The number of nitrogens with zero attached hydrogens (tertiary/aromatic N) is 1. The summed E-state index contributed by atoms with van der Waals surface area (Å²) in [6, 6.07) is 1.59. The summed E-state index contributed by atoms with van der Waals surface area (Å²) >= 11 is 0. The number of pyridine rings is 1. The van der Waals surface area contributed by atoms with Crippen LogP contribution in [0.3, 0.4) is 0 Å². The van der Waals surface area contributed by atoms with Crippen LogP contribution in [0.2, 0.25) is 0 Å². The molecule has 0 aromatic carbocycles. The van der Waals surface area contributed by atoms with Crippen molar-refractivity contribution in [3.05, 3.63) is 29.6 Å². The van der Waals surface area contributed by atoms with Gasteiger partial charge in [0, 0.05) is 26.0 Å². The number of nitrogens with two attached hydrogens (primary N) is 1. The number of hydrogen-bond acceptors (Lipinski definition) is 4. The molecule has 0 bridgehead atoms. The largest absolute Gasteiger partial charge is 0.359 e. The molecular formula is C15H20N4O2. The SMILES string of the molecule is CNC(=O)C(C)(C)CNC(=O)c1ccncc1C#CCN. The molecule has 0 aliphatic carbocycles.